The molecule has 0 saturated heterocycles. The summed E-state index contributed by atoms with van der Waals surface area (Å²) in [6.45, 7) is 19.2. The summed E-state index contributed by atoms with van der Waals surface area (Å²) < 4.78 is 0. The summed E-state index contributed by atoms with van der Waals surface area (Å²) in [5.41, 5.74) is 32.7. The molecule has 0 atom stereocenters. The standard InChI is InChI=1S/C78H64N2/c1-75(2)64-33-19-15-29-55(64)57-42-39-52(45-68(57)75)79(50-24-11-9-12-25-50)72-36-21-17-28-54(72)49-38-41-59-62-47-71-63(48-70(62)78(7,8)67(59)44-49)74-61(32-23-35-66(74)77(71,5)6)60-31-18-22-37-73(60)80(51-26-13-10-14-27-51)53-40-43-58-56-30-16-20-34-65(56)76(3,4)69(58)46-53/h9-48H,1-8H3. The number of nitrogens with zero attached hydrogens (tertiary/aromatic N) is 2. The van der Waals surface area contributed by atoms with Crippen molar-refractivity contribution in [1.82, 2.24) is 0 Å². The molecule has 2 heteroatoms. The molecule has 0 radical (unpaired) electrons. The first-order valence-corrected chi connectivity index (χ1v) is 28.6. The highest BCUT2D eigenvalue weighted by Crippen LogP contribution is 2.60. The van der Waals surface area contributed by atoms with Crippen molar-refractivity contribution < 1.29 is 0 Å². The molecule has 0 aliphatic heterocycles. The highest BCUT2D eigenvalue weighted by atomic mass is 15.2. The zero-order chi connectivity index (χ0) is 54.5. The van der Waals surface area contributed by atoms with Crippen LogP contribution in [0.15, 0.2) is 243 Å². The predicted octanol–water partition coefficient (Wildman–Crippen LogP) is 21.2. The third kappa shape index (κ3) is 6.84. The fraction of sp³-hybridized carbons (Fsp3) is 0.154. The average Bonchev–Trinajstić information content (AvgIpc) is 4.05. The van der Waals surface area contributed by atoms with Gasteiger partial charge >= 0.3 is 0 Å². The minimum Gasteiger partial charge on any atom is -0.310 e. The van der Waals surface area contributed by atoms with Gasteiger partial charge in [0, 0.05) is 55.5 Å². The van der Waals surface area contributed by atoms with Gasteiger partial charge in [-0.3, -0.25) is 0 Å². The smallest absolute Gasteiger partial charge is 0.0540 e. The molecule has 4 aliphatic carbocycles. The Morgan fingerprint density at radius 3 is 1.15 bits per heavy atom. The van der Waals surface area contributed by atoms with Crippen LogP contribution in [0.1, 0.15) is 99.9 Å². The summed E-state index contributed by atoms with van der Waals surface area (Å²) >= 11 is 0. The Kier molecular flexibility index (Phi) is 10.4. The molecule has 11 aromatic carbocycles. The summed E-state index contributed by atoms with van der Waals surface area (Å²) in [4.78, 5) is 4.95. The van der Waals surface area contributed by atoms with Crippen molar-refractivity contribution >= 4 is 34.1 Å². The van der Waals surface area contributed by atoms with Crippen LogP contribution in [-0.4, -0.2) is 0 Å². The van der Waals surface area contributed by atoms with Crippen molar-refractivity contribution in [3.8, 4) is 66.8 Å². The van der Waals surface area contributed by atoms with Crippen molar-refractivity contribution in [1.29, 1.82) is 0 Å². The topological polar surface area (TPSA) is 6.48 Å². The molecule has 386 valence electrons. The lowest BCUT2D eigenvalue weighted by molar-refractivity contribution is 0.652. The van der Waals surface area contributed by atoms with E-state index in [0.717, 1.165) is 34.1 Å². The van der Waals surface area contributed by atoms with E-state index in [0.29, 0.717) is 0 Å². The fourth-order valence-electron chi connectivity index (χ4n) is 14.9. The Hall–Kier alpha value is -8.98. The first-order chi connectivity index (χ1) is 38.7. The normalized spacial score (nSPS) is 15.4. The molecular weight excluding hydrogens is 965 g/mol. The van der Waals surface area contributed by atoms with E-state index in [-0.39, 0.29) is 21.7 Å². The van der Waals surface area contributed by atoms with E-state index in [9.17, 15) is 0 Å². The molecule has 0 heterocycles. The van der Waals surface area contributed by atoms with Gasteiger partial charge in [-0.2, -0.15) is 0 Å². The van der Waals surface area contributed by atoms with E-state index in [2.05, 4.69) is 308 Å². The van der Waals surface area contributed by atoms with Crippen LogP contribution in [0.3, 0.4) is 0 Å². The van der Waals surface area contributed by atoms with Gasteiger partial charge in [0.25, 0.3) is 0 Å². The molecular formula is C78H64N2. The second-order valence-electron chi connectivity index (χ2n) is 24.9. The number of rotatable bonds is 8. The molecule has 11 aromatic rings. The molecule has 0 N–H and O–H groups in total. The molecule has 80 heavy (non-hydrogen) atoms. The monoisotopic (exact) mass is 1030 g/mol. The summed E-state index contributed by atoms with van der Waals surface area (Å²) in [6, 6.07) is 91.5. The zero-order valence-electron chi connectivity index (χ0n) is 47.0. The van der Waals surface area contributed by atoms with Crippen molar-refractivity contribution in [2.75, 3.05) is 9.80 Å². The third-order valence-electron chi connectivity index (χ3n) is 19.1. The van der Waals surface area contributed by atoms with Crippen LogP contribution < -0.4 is 9.80 Å². The lowest BCUT2D eigenvalue weighted by atomic mass is 9.79. The second kappa shape index (κ2) is 17.3. The maximum atomic E-state index is 2.58. The lowest BCUT2D eigenvalue weighted by Gasteiger charge is -2.30. The van der Waals surface area contributed by atoms with Gasteiger partial charge < -0.3 is 9.80 Å². The molecule has 0 unspecified atom stereocenters. The Balaban J connectivity index is 0.838. The second-order valence-corrected chi connectivity index (χ2v) is 24.9. The van der Waals surface area contributed by atoms with Gasteiger partial charge in [0.05, 0.1) is 11.4 Å². The van der Waals surface area contributed by atoms with Gasteiger partial charge in [0.2, 0.25) is 0 Å². The van der Waals surface area contributed by atoms with E-state index in [4.69, 9.17) is 0 Å². The minimum atomic E-state index is -0.269. The van der Waals surface area contributed by atoms with Crippen LogP contribution in [0.5, 0.6) is 0 Å². The van der Waals surface area contributed by atoms with Crippen LogP contribution in [0, 0.1) is 0 Å². The number of fused-ring (bicyclic) bond motifs is 12. The maximum absolute atomic E-state index is 2.58. The lowest BCUT2D eigenvalue weighted by Crippen LogP contribution is -2.17. The first kappa shape index (κ1) is 48.2. The van der Waals surface area contributed by atoms with Crippen LogP contribution in [0.4, 0.5) is 34.1 Å². The molecule has 4 aliphatic rings. The van der Waals surface area contributed by atoms with Gasteiger partial charge in [0.15, 0.2) is 0 Å². The predicted molar refractivity (Wildman–Crippen MR) is 337 cm³/mol. The van der Waals surface area contributed by atoms with E-state index < -0.39 is 0 Å². The van der Waals surface area contributed by atoms with Gasteiger partial charge in [-0.25, -0.2) is 0 Å². The number of hydrogen-bond acceptors (Lipinski definition) is 2. The summed E-state index contributed by atoms with van der Waals surface area (Å²) in [7, 11) is 0. The van der Waals surface area contributed by atoms with Gasteiger partial charge in [-0.15, -0.1) is 0 Å². The SMILES string of the molecule is CC1(C)c2ccccc2-c2ccc(N(c3ccccc3)c3ccccc3-c3ccc4c(c3)C(C)(C)c3cc5c(cc3-4)C(C)(C)c3cccc(-c4ccccc4N(c4ccccc4)c4ccc6c(c4)C(C)(C)c4ccccc4-6)c3-5)cc21. The van der Waals surface area contributed by atoms with Crippen molar-refractivity contribution in [2.45, 2.75) is 77.0 Å². The average molecular weight is 1030 g/mol. The summed E-state index contributed by atoms with van der Waals surface area (Å²) in [5, 5.41) is 0. The number of anilines is 6. The number of hydrogen-bond donors (Lipinski definition) is 0. The molecule has 0 spiro atoms. The molecule has 0 fully saturated rings. The van der Waals surface area contributed by atoms with Crippen molar-refractivity contribution in [3.05, 3.63) is 287 Å². The van der Waals surface area contributed by atoms with E-state index in [1.807, 2.05) is 0 Å². The zero-order valence-corrected chi connectivity index (χ0v) is 47.0. The molecule has 2 nitrogen and oxygen atoms in total. The van der Waals surface area contributed by atoms with Crippen LogP contribution in [-0.2, 0) is 21.7 Å². The van der Waals surface area contributed by atoms with E-state index in [1.165, 1.54) is 111 Å². The molecule has 0 aromatic heterocycles. The number of benzene rings is 11. The van der Waals surface area contributed by atoms with Crippen LogP contribution >= 0.6 is 0 Å². The molecule has 0 bridgehead atoms. The largest absolute Gasteiger partial charge is 0.310 e. The number of para-hydroxylation sites is 4. The Morgan fingerprint density at radius 1 is 0.212 bits per heavy atom. The highest BCUT2D eigenvalue weighted by molar-refractivity contribution is 6.01. The van der Waals surface area contributed by atoms with Gasteiger partial charge in [-0.05, 0) is 179 Å². The van der Waals surface area contributed by atoms with Crippen molar-refractivity contribution in [3.63, 3.8) is 0 Å². The highest BCUT2D eigenvalue weighted by Gasteiger charge is 2.44. The Labute approximate surface area is 472 Å². The van der Waals surface area contributed by atoms with Crippen molar-refractivity contribution in [2.24, 2.45) is 0 Å². The summed E-state index contributed by atoms with van der Waals surface area (Å²) in [5.74, 6) is 0. The van der Waals surface area contributed by atoms with Gasteiger partial charge in [0.1, 0.15) is 0 Å². The van der Waals surface area contributed by atoms with Gasteiger partial charge in [-0.1, -0.05) is 219 Å². The van der Waals surface area contributed by atoms with E-state index in [1.54, 1.807) is 0 Å². The maximum Gasteiger partial charge on any atom is 0.0540 e. The van der Waals surface area contributed by atoms with Crippen LogP contribution in [0.25, 0.3) is 66.8 Å². The Morgan fingerprint density at radius 2 is 0.575 bits per heavy atom. The first-order valence-electron chi connectivity index (χ1n) is 28.6. The molecule has 0 amide bonds. The minimum absolute atomic E-state index is 0.119. The third-order valence-corrected chi connectivity index (χ3v) is 19.1. The van der Waals surface area contributed by atoms with E-state index >= 15 is 0 Å². The Bertz CT molecular complexity index is 4360. The van der Waals surface area contributed by atoms with Crippen LogP contribution in [0.2, 0.25) is 0 Å². The summed E-state index contributed by atoms with van der Waals surface area (Å²) in [6.07, 6.45) is 0. The molecule has 15 rings (SSSR count). The fourth-order valence-corrected chi connectivity index (χ4v) is 14.9. The quantitative estimate of drug-likeness (QED) is 0.150. The molecule has 0 saturated carbocycles.